The van der Waals surface area contributed by atoms with Crippen LogP contribution in [-0.2, 0) is 4.79 Å². The van der Waals surface area contributed by atoms with Crippen molar-refractivity contribution in [2.45, 2.75) is 45.6 Å². The van der Waals surface area contributed by atoms with Crippen molar-refractivity contribution < 1.29 is 14.3 Å². The summed E-state index contributed by atoms with van der Waals surface area (Å²) in [5.74, 6) is 0.00241. The summed E-state index contributed by atoms with van der Waals surface area (Å²) in [6, 6.07) is 14.4. The monoisotopic (exact) mass is 409 g/mol. The molecule has 1 fully saturated rings. The van der Waals surface area contributed by atoms with Crippen LogP contribution in [0.25, 0.3) is 0 Å². The summed E-state index contributed by atoms with van der Waals surface area (Å²) in [6.07, 6.45) is 3.73. The molecule has 1 atom stereocenters. The summed E-state index contributed by atoms with van der Waals surface area (Å²) in [5.41, 5.74) is 2.30. The van der Waals surface area contributed by atoms with E-state index in [1.165, 1.54) is 12.8 Å². The molecule has 0 aromatic heterocycles. The van der Waals surface area contributed by atoms with E-state index < -0.39 is 6.04 Å². The van der Waals surface area contributed by atoms with Gasteiger partial charge in [0.2, 0.25) is 5.91 Å². The summed E-state index contributed by atoms with van der Waals surface area (Å²) < 4.78 is 5.55. The van der Waals surface area contributed by atoms with Crippen molar-refractivity contribution in [3.8, 4) is 5.75 Å². The van der Waals surface area contributed by atoms with Crippen molar-refractivity contribution in [1.29, 1.82) is 0 Å². The highest BCUT2D eigenvalue weighted by atomic mass is 16.5. The molecule has 1 aliphatic heterocycles. The van der Waals surface area contributed by atoms with Crippen LogP contribution in [0, 0.1) is 0 Å². The molecule has 6 heteroatoms. The van der Waals surface area contributed by atoms with E-state index >= 15 is 0 Å². The van der Waals surface area contributed by atoms with Crippen LogP contribution in [0.15, 0.2) is 48.5 Å². The minimum Gasteiger partial charge on any atom is -0.493 e. The Hall–Kier alpha value is -3.02. The van der Waals surface area contributed by atoms with Crippen LogP contribution in [0.5, 0.6) is 5.75 Å². The predicted octanol–water partition coefficient (Wildman–Crippen LogP) is 4.22. The maximum Gasteiger partial charge on any atom is 0.255 e. The van der Waals surface area contributed by atoms with E-state index in [1.54, 1.807) is 18.2 Å². The van der Waals surface area contributed by atoms with E-state index in [2.05, 4.69) is 21.6 Å². The zero-order valence-corrected chi connectivity index (χ0v) is 17.8. The van der Waals surface area contributed by atoms with E-state index in [9.17, 15) is 9.59 Å². The molecule has 0 aliphatic carbocycles. The zero-order valence-electron chi connectivity index (χ0n) is 17.8. The van der Waals surface area contributed by atoms with Crippen LogP contribution in [0.2, 0.25) is 0 Å². The maximum absolute atomic E-state index is 12.9. The number of hydrogen-bond donors (Lipinski definition) is 2. The number of para-hydroxylation sites is 1. The molecule has 0 saturated carbocycles. The molecule has 0 spiro atoms. The molecule has 2 amide bonds. The second kappa shape index (κ2) is 10.7. The summed E-state index contributed by atoms with van der Waals surface area (Å²) in [7, 11) is 0. The van der Waals surface area contributed by atoms with Crippen molar-refractivity contribution in [3.05, 3.63) is 54.1 Å². The van der Waals surface area contributed by atoms with Crippen LogP contribution in [-0.4, -0.2) is 37.6 Å². The van der Waals surface area contributed by atoms with Crippen molar-refractivity contribution in [2.75, 3.05) is 29.9 Å². The number of nitrogens with one attached hydrogen (secondary N) is 2. The van der Waals surface area contributed by atoms with E-state index in [1.807, 2.05) is 38.1 Å². The molecule has 0 bridgehead atoms. The lowest BCUT2D eigenvalue weighted by Gasteiger charge is -2.21. The molecule has 2 aromatic rings. The average Bonchev–Trinajstić information content (AvgIpc) is 3.29. The van der Waals surface area contributed by atoms with Crippen LogP contribution in [0.1, 0.15) is 49.9 Å². The molecule has 1 unspecified atom stereocenters. The van der Waals surface area contributed by atoms with Gasteiger partial charge in [-0.1, -0.05) is 31.5 Å². The minimum absolute atomic E-state index is 0.210. The van der Waals surface area contributed by atoms with Crippen LogP contribution in [0.4, 0.5) is 11.4 Å². The number of nitrogens with zero attached hydrogens (tertiary/aromatic N) is 1. The number of benzene rings is 2. The molecule has 160 valence electrons. The van der Waals surface area contributed by atoms with Gasteiger partial charge in [0.1, 0.15) is 11.8 Å². The standard InChI is InChI=1S/C24H31N3O3/c1-3-10-21(26-23(28)20-13-5-6-14-22(20)30-4-2)24(29)25-18-11-9-12-19(17-18)27-15-7-8-16-27/h5-6,9,11-14,17,21H,3-4,7-8,10,15-16H2,1-2H3,(H,25,29)(H,26,28). The maximum atomic E-state index is 12.9. The van der Waals surface area contributed by atoms with Gasteiger partial charge in [-0.15, -0.1) is 0 Å². The fourth-order valence-electron chi connectivity index (χ4n) is 3.71. The third kappa shape index (κ3) is 5.53. The summed E-state index contributed by atoms with van der Waals surface area (Å²) >= 11 is 0. The molecule has 6 nitrogen and oxygen atoms in total. The van der Waals surface area contributed by atoms with Gasteiger partial charge in [-0.25, -0.2) is 0 Å². The number of carbonyl (C=O) groups is 2. The lowest BCUT2D eigenvalue weighted by molar-refractivity contribution is -0.118. The Morgan fingerprint density at radius 2 is 1.83 bits per heavy atom. The summed E-state index contributed by atoms with van der Waals surface area (Å²) in [4.78, 5) is 28.1. The van der Waals surface area contributed by atoms with E-state index in [0.29, 0.717) is 24.3 Å². The molecule has 0 radical (unpaired) electrons. The molecule has 1 aliphatic rings. The Morgan fingerprint density at radius 3 is 2.57 bits per heavy atom. The summed E-state index contributed by atoms with van der Waals surface area (Å²) in [5, 5.41) is 5.86. The lowest BCUT2D eigenvalue weighted by Crippen LogP contribution is -2.43. The zero-order chi connectivity index (χ0) is 21.3. The van der Waals surface area contributed by atoms with Crippen molar-refractivity contribution in [2.24, 2.45) is 0 Å². The fourth-order valence-corrected chi connectivity index (χ4v) is 3.71. The predicted molar refractivity (Wildman–Crippen MR) is 120 cm³/mol. The molecular formula is C24H31N3O3. The highest BCUT2D eigenvalue weighted by Gasteiger charge is 2.23. The van der Waals surface area contributed by atoms with Crippen LogP contribution >= 0.6 is 0 Å². The highest BCUT2D eigenvalue weighted by Crippen LogP contribution is 2.24. The van der Waals surface area contributed by atoms with Gasteiger partial charge < -0.3 is 20.3 Å². The largest absolute Gasteiger partial charge is 0.493 e. The normalized spacial score (nSPS) is 14.3. The second-order valence-electron chi connectivity index (χ2n) is 7.48. The first-order valence-corrected chi connectivity index (χ1v) is 10.8. The van der Waals surface area contributed by atoms with Crippen molar-refractivity contribution in [1.82, 2.24) is 5.32 Å². The van der Waals surface area contributed by atoms with E-state index in [-0.39, 0.29) is 11.8 Å². The average molecular weight is 410 g/mol. The SMILES string of the molecule is CCCC(NC(=O)c1ccccc1OCC)C(=O)Nc1cccc(N2CCCC2)c1. The highest BCUT2D eigenvalue weighted by molar-refractivity contribution is 6.02. The second-order valence-corrected chi connectivity index (χ2v) is 7.48. The smallest absolute Gasteiger partial charge is 0.255 e. The first-order chi connectivity index (χ1) is 14.6. The number of amides is 2. The Bertz CT molecular complexity index is 862. The quantitative estimate of drug-likeness (QED) is 0.650. The van der Waals surface area contributed by atoms with E-state index in [4.69, 9.17) is 4.74 Å². The van der Waals surface area contributed by atoms with Gasteiger partial charge in [-0.05, 0) is 56.5 Å². The fraction of sp³-hybridized carbons (Fsp3) is 0.417. The van der Waals surface area contributed by atoms with Gasteiger partial charge >= 0.3 is 0 Å². The number of ether oxygens (including phenoxy) is 1. The van der Waals surface area contributed by atoms with Gasteiger partial charge in [0.25, 0.3) is 5.91 Å². The summed E-state index contributed by atoms with van der Waals surface area (Å²) in [6.45, 7) is 6.43. The molecular weight excluding hydrogens is 378 g/mol. The van der Waals surface area contributed by atoms with E-state index in [0.717, 1.165) is 30.9 Å². The Morgan fingerprint density at radius 1 is 1.07 bits per heavy atom. The topological polar surface area (TPSA) is 70.7 Å². The number of hydrogen-bond acceptors (Lipinski definition) is 4. The van der Waals surface area contributed by atoms with Gasteiger partial charge in [-0.3, -0.25) is 9.59 Å². The first kappa shape index (κ1) is 21.7. The molecule has 30 heavy (non-hydrogen) atoms. The molecule has 1 heterocycles. The van der Waals surface area contributed by atoms with Crippen molar-refractivity contribution >= 4 is 23.2 Å². The Kier molecular flexibility index (Phi) is 7.71. The number of rotatable bonds is 9. The van der Waals surface area contributed by atoms with Gasteiger partial charge in [0.15, 0.2) is 0 Å². The van der Waals surface area contributed by atoms with Crippen LogP contribution in [0.3, 0.4) is 0 Å². The Balaban J connectivity index is 1.69. The first-order valence-electron chi connectivity index (χ1n) is 10.8. The molecule has 3 rings (SSSR count). The van der Waals surface area contributed by atoms with Gasteiger partial charge in [0.05, 0.1) is 12.2 Å². The van der Waals surface area contributed by atoms with Crippen LogP contribution < -0.4 is 20.3 Å². The Labute approximate surface area is 178 Å². The van der Waals surface area contributed by atoms with Crippen molar-refractivity contribution in [3.63, 3.8) is 0 Å². The lowest BCUT2D eigenvalue weighted by atomic mass is 10.1. The molecule has 2 aromatic carbocycles. The number of anilines is 2. The number of carbonyl (C=O) groups excluding carboxylic acids is 2. The van der Waals surface area contributed by atoms with Gasteiger partial charge in [0, 0.05) is 24.5 Å². The van der Waals surface area contributed by atoms with Gasteiger partial charge in [-0.2, -0.15) is 0 Å². The minimum atomic E-state index is -0.618. The third-order valence-corrected chi connectivity index (χ3v) is 5.22. The third-order valence-electron chi connectivity index (χ3n) is 5.22. The molecule has 2 N–H and O–H groups in total. The molecule has 1 saturated heterocycles.